The van der Waals surface area contributed by atoms with Crippen molar-refractivity contribution in [3.63, 3.8) is 0 Å². The molecule has 3 nitrogen and oxygen atoms in total. The zero-order chi connectivity index (χ0) is 9.68. The predicted molar refractivity (Wildman–Crippen MR) is 51.9 cm³/mol. The summed E-state index contributed by atoms with van der Waals surface area (Å²) in [6, 6.07) is 1.49. The molecule has 1 rings (SSSR count). The van der Waals surface area contributed by atoms with Crippen molar-refractivity contribution in [2.45, 2.75) is 32.1 Å². The molecule has 1 aromatic heterocycles. The lowest BCUT2D eigenvalue weighted by Crippen LogP contribution is -1.98. The molecule has 0 aromatic carbocycles. The molecule has 0 radical (unpaired) electrons. The van der Waals surface area contributed by atoms with Crippen LogP contribution in [0.2, 0.25) is 0 Å². The topological polar surface area (TPSA) is 46.0 Å². The fourth-order valence-corrected chi connectivity index (χ4v) is 1.19. The number of aryl methyl sites for hydroxylation is 1. The zero-order valence-corrected chi connectivity index (χ0v) is 8.38. The number of hydrogen-bond acceptors (Lipinski definition) is 3. The van der Waals surface area contributed by atoms with E-state index in [1.165, 1.54) is 6.07 Å². The molecule has 0 unspecified atom stereocenters. The number of nitrogens with zero attached hydrogens (tertiary/aromatic N) is 2. The number of hydrogen-bond donors (Lipinski definition) is 1. The van der Waals surface area contributed by atoms with Crippen LogP contribution in [0.5, 0.6) is 5.88 Å². The highest BCUT2D eigenvalue weighted by molar-refractivity contribution is 6.16. The lowest BCUT2D eigenvalue weighted by atomic mass is 10.2. The first-order valence-corrected chi connectivity index (χ1v) is 4.91. The van der Waals surface area contributed by atoms with Gasteiger partial charge >= 0.3 is 0 Å². The third-order valence-electron chi connectivity index (χ3n) is 1.70. The summed E-state index contributed by atoms with van der Waals surface area (Å²) in [5.41, 5.74) is 0.681. The Morgan fingerprint density at radius 2 is 2.23 bits per heavy atom. The maximum atomic E-state index is 9.21. The Balaban J connectivity index is 2.76. The van der Waals surface area contributed by atoms with Gasteiger partial charge in [-0.05, 0) is 6.42 Å². The average molecular weight is 201 g/mol. The lowest BCUT2D eigenvalue weighted by molar-refractivity contribution is 0.447. The summed E-state index contributed by atoms with van der Waals surface area (Å²) in [6.07, 6.45) is 2.93. The second kappa shape index (κ2) is 5.02. The molecule has 0 aliphatic carbocycles. The van der Waals surface area contributed by atoms with Crippen LogP contribution in [-0.2, 0) is 12.3 Å². The zero-order valence-electron chi connectivity index (χ0n) is 7.63. The van der Waals surface area contributed by atoms with Gasteiger partial charge in [0.2, 0.25) is 5.88 Å². The van der Waals surface area contributed by atoms with Gasteiger partial charge in [0.1, 0.15) is 5.82 Å². The van der Waals surface area contributed by atoms with E-state index in [2.05, 4.69) is 16.9 Å². The third kappa shape index (κ3) is 3.19. The van der Waals surface area contributed by atoms with Crippen LogP contribution in [0, 0.1) is 0 Å². The molecule has 0 atom stereocenters. The van der Waals surface area contributed by atoms with Crippen molar-refractivity contribution in [3.05, 3.63) is 17.6 Å². The molecule has 0 amide bonds. The van der Waals surface area contributed by atoms with Crippen molar-refractivity contribution >= 4 is 11.6 Å². The summed E-state index contributed by atoms with van der Waals surface area (Å²) < 4.78 is 0. The molecule has 13 heavy (non-hydrogen) atoms. The van der Waals surface area contributed by atoms with Crippen LogP contribution in [0.25, 0.3) is 0 Å². The van der Waals surface area contributed by atoms with Gasteiger partial charge in [-0.3, -0.25) is 0 Å². The van der Waals surface area contributed by atoms with Crippen LogP contribution in [0.3, 0.4) is 0 Å². The Bertz CT molecular complexity index is 278. The summed E-state index contributed by atoms with van der Waals surface area (Å²) in [4.78, 5) is 8.09. The number of unbranched alkanes of at least 4 members (excludes halogenated alkanes) is 1. The van der Waals surface area contributed by atoms with Gasteiger partial charge in [0.15, 0.2) is 0 Å². The molecule has 0 saturated carbocycles. The molecular formula is C9H13ClN2O. The van der Waals surface area contributed by atoms with Gasteiger partial charge in [0.05, 0.1) is 11.6 Å². The molecule has 0 aliphatic heterocycles. The van der Waals surface area contributed by atoms with E-state index in [0.717, 1.165) is 19.3 Å². The molecule has 0 bridgehead atoms. The maximum absolute atomic E-state index is 9.21. The van der Waals surface area contributed by atoms with E-state index in [9.17, 15) is 5.11 Å². The van der Waals surface area contributed by atoms with E-state index in [-0.39, 0.29) is 5.88 Å². The molecule has 0 aliphatic rings. The monoisotopic (exact) mass is 200 g/mol. The SMILES string of the molecule is CCCCc1nc(O)cc(CCl)n1. The Morgan fingerprint density at radius 3 is 2.85 bits per heavy atom. The molecule has 0 fully saturated rings. The largest absolute Gasteiger partial charge is 0.493 e. The second-order valence-corrected chi connectivity index (χ2v) is 3.14. The van der Waals surface area contributed by atoms with Gasteiger partial charge in [0.25, 0.3) is 0 Å². The van der Waals surface area contributed by atoms with Gasteiger partial charge in [-0.25, -0.2) is 4.98 Å². The van der Waals surface area contributed by atoms with Gasteiger partial charge < -0.3 is 5.11 Å². The highest BCUT2D eigenvalue weighted by Gasteiger charge is 2.02. The van der Waals surface area contributed by atoms with Crippen LogP contribution in [0.15, 0.2) is 6.07 Å². The number of aromatic hydroxyl groups is 1. The van der Waals surface area contributed by atoms with Gasteiger partial charge in [-0.1, -0.05) is 13.3 Å². The van der Waals surface area contributed by atoms with E-state index < -0.39 is 0 Å². The minimum Gasteiger partial charge on any atom is -0.493 e. The number of rotatable bonds is 4. The van der Waals surface area contributed by atoms with Crippen LogP contribution in [0.1, 0.15) is 31.3 Å². The number of alkyl halides is 1. The number of halogens is 1. The van der Waals surface area contributed by atoms with Crippen molar-refractivity contribution in [1.82, 2.24) is 9.97 Å². The Hall–Kier alpha value is -0.830. The first-order valence-electron chi connectivity index (χ1n) is 4.38. The first-order chi connectivity index (χ1) is 6.26. The molecule has 72 valence electrons. The highest BCUT2D eigenvalue weighted by atomic mass is 35.5. The summed E-state index contributed by atoms with van der Waals surface area (Å²) >= 11 is 5.60. The summed E-state index contributed by atoms with van der Waals surface area (Å²) in [7, 11) is 0. The second-order valence-electron chi connectivity index (χ2n) is 2.87. The van der Waals surface area contributed by atoms with E-state index >= 15 is 0 Å². The van der Waals surface area contributed by atoms with E-state index in [1.54, 1.807) is 0 Å². The minimum absolute atomic E-state index is 0.0109. The van der Waals surface area contributed by atoms with Crippen molar-refractivity contribution in [2.24, 2.45) is 0 Å². The van der Waals surface area contributed by atoms with E-state index in [0.29, 0.717) is 17.4 Å². The average Bonchev–Trinajstić information content (AvgIpc) is 2.14. The van der Waals surface area contributed by atoms with Crippen molar-refractivity contribution in [3.8, 4) is 5.88 Å². The molecule has 4 heteroatoms. The lowest BCUT2D eigenvalue weighted by Gasteiger charge is -2.01. The van der Waals surface area contributed by atoms with Gasteiger partial charge in [0, 0.05) is 12.5 Å². The predicted octanol–water partition coefficient (Wildman–Crippen LogP) is 2.26. The van der Waals surface area contributed by atoms with E-state index in [1.807, 2.05) is 0 Å². The Kier molecular flexibility index (Phi) is 3.96. The van der Waals surface area contributed by atoms with Gasteiger partial charge in [-0.15, -0.1) is 11.6 Å². The Labute approximate surface area is 82.8 Å². The summed E-state index contributed by atoms with van der Waals surface area (Å²) in [5, 5.41) is 9.21. The highest BCUT2D eigenvalue weighted by Crippen LogP contribution is 2.10. The molecule has 0 spiro atoms. The van der Waals surface area contributed by atoms with E-state index in [4.69, 9.17) is 11.6 Å². The molecular weight excluding hydrogens is 188 g/mol. The molecule has 1 aromatic rings. The number of aromatic nitrogens is 2. The first kappa shape index (κ1) is 10.3. The smallest absolute Gasteiger partial charge is 0.214 e. The van der Waals surface area contributed by atoms with Crippen LogP contribution >= 0.6 is 11.6 Å². The fraction of sp³-hybridized carbons (Fsp3) is 0.556. The molecule has 1 N–H and O–H groups in total. The van der Waals surface area contributed by atoms with Crippen molar-refractivity contribution in [2.75, 3.05) is 0 Å². The minimum atomic E-state index is 0.0109. The van der Waals surface area contributed by atoms with Crippen molar-refractivity contribution < 1.29 is 5.11 Å². The quantitative estimate of drug-likeness (QED) is 0.759. The van der Waals surface area contributed by atoms with Crippen LogP contribution in [-0.4, -0.2) is 15.1 Å². The summed E-state index contributed by atoms with van der Waals surface area (Å²) in [5.74, 6) is 1.00. The van der Waals surface area contributed by atoms with Gasteiger partial charge in [-0.2, -0.15) is 4.98 Å². The normalized spacial score (nSPS) is 10.3. The third-order valence-corrected chi connectivity index (χ3v) is 1.98. The molecule has 0 saturated heterocycles. The summed E-state index contributed by atoms with van der Waals surface area (Å²) in [6.45, 7) is 2.10. The standard InChI is InChI=1S/C9H13ClN2O/c1-2-3-4-8-11-7(6-10)5-9(13)12-8/h5H,2-4,6H2,1H3,(H,11,12,13). The molecule has 1 heterocycles. The maximum Gasteiger partial charge on any atom is 0.214 e. The van der Waals surface area contributed by atoms with Crippen LogP contribution < -0.4 is 0 Å². The fourth-order valence-electron chi connectivity index (χ4n) is 1.05. The Morgan fingerprint density at radius 1 is 1.46 bits per heavy atom. The van der Waals surface area contributed by atoms with Crippen LogP contribution in [0.4, 0.5) is 0 Å². The van der Waals surface area contributed by atoms with Crippen molar-refractivity contribution in [1.29, 1.82) is 0 Å².